The van der Waals surface area contributed by atoms with Gasteiger partial charge in [0.1, 0.15) is 6.23 Å². The molecule has 1 aliphatic rings. The fourth-order valence-corrected chi connectivity index (χ4v) is 3.49. The monoisotopic (exact) mass is 328 g/mol. The second-order valence-electron chi connectivity index (χ2n) is 6.19. The lowest BCUT2D eigenvalue weighted by Crippen LogP contribution is -2.20. The van der Waals surface area contributed by atoms with Crippen molar-refractivity contribution in [3.05, 3.63) is 59.3 Å². The van der Waals surface area contributed by atoms with E-state index in [4.69, 9.17) is 5.26 Å². The van der Waals surface area contributed by atoms with Gasteiger partial charge in [0, 0.05) is 17.5 Å². The molecule has 0 aliphatic carbocycles. The Morgan fingerprint density at radius 1 is 1.04 bits per heavy atom. The SMILES string of the molecule is N#Cc1ccc(-c2cc(C#N)cc3cc4n(c23)CCCNC4O)cc1. The smallest absolute Gasteiger partial charge is 0.146 e. The Bertz CT molecular complexity index is 1030. The summed E-state index contributed by atoms with van der Waals surface area (Å²) in [5, 5.41) is 32.8. The van der Waals surface area contributed by atoms with E-state index in [0.717, 1.165) is 47.2 Å². The van der Waals surface area contributed by atoms with E-state index in [1.54, 1.807) is 12.1 Å². The van der Waals surface area contributed by atoms with Gasteiger partial charge < -0.3 is 9.67 Å². The number of aliphatic hydroxyl groups is 1. The second kappa shape index (κ2) is 6.07. The first-order chi connectivity index (χ1) is 12.2. The normalized spacial score (nSPS) is 16.7. The summed E-state index contributed by atoms with van der Waals surface area (Å²) in [6, 6.07) is 17.4. The first-order valence-electron chi connectivity index (χ1n) is 8.20. The molecule has 1 atom stereocenters. The second-order valence-corrected chi connectivity index (χ2v) is 6.19. The van der Waals surface area contributed by atoms with Crippen LogP contribution in [0.15, 0.2) is 42.5 Å². The highest BCUT2D eigenvalue weighted by Crippen LogP contribution is 2.35. The predicted molar refractivity (Wildman–Crippen MR) is 94.4 cm³/mol. The maximum Gasteiger partial charge on any atom is 0.146 e. The van der Waals surface area contributed by atoms with Gasteiger partial charge in [-0.1, -0.05) is 12.1 Å². The number of nitriles is 2. The van der Waals surface area contributed by atoms with Crippen molar-refractivity contribution in [2.24, 2.45) is 0 Å². The molecule has 2 heterocycles. The third kappa shape index (κ3) is 2.56. The number of fused-ring (bicyclic) bond motifs is 3. The van der Waals surface area contributed by atoms with E-state index in [0.29, 0.717) is 11.1 Å². The van der Waals surface area contributed by atoms with E-state index in [9.17, 15) is 10.4 Å². The van der Waals surface area contributed by atoms with Crippen LogP contribution in [0, 0.1) is 22.7 Å². The number of nitrogens with zero attached hydrogens (tertiary/aromatic N) is 3. The summed E-state index contributed by atoms with van der Waals surface area (Å²) in [5.41, 5.74) is 4.91. The summed E-state index contributed by atoms with van der Waals surface area (Å²) in [6.07, 6.45) is 0.204. The van der Waals surface area contributed by atoms with Crippen LogP contribution in [0.3, 0.4) is 0 Å². The van der Waals surface area contributed by atoms with E-state index in [1.165, 1.54) is 0 Å². The molecule has 2 aromatic carbocycles. The Morgan fingerprint density at radius 2 is 1.80 bits per heavy atom. The molecule has 1 aromatic heterocycles. The van der Waals surface area contributed by atoms with Gasteiger partial charge in [0.15, 0.2) is 0 Å². The maximum absolute atomic E-state index is 10.4. The minimum atomic E-state index is -0.714. The van der Waals surface area contributed by atoms with E-state index in [2.05, 4.69) is 22.0 Å². The quantitative estimate of drug-likeness (QED) is 0.719. The molecule has 0 saturated carbocycles. The van der Waals surface area contributed by atoms with Crippen LogP contribution in [-0.4, -0.2) is 16.2 Å². The zero-order chi connectivity index (χ0) is 17.4. The lowest BCUT2D eigenvalue weighted by molar-refractivity contribution is 0.138. The van der Waals surface area contributed by atoms with Crippen molar-refractivity contribution in [1.82, 2.24) is 9.88 Å². The number of benzene rings is 2. The molecule has 5 nitrogen and oxygen atoms in total. The highest BCUT2D eigenvalue weighted by Gasteiger charge is 2.21. The van der Waals surface area contributed by atoms with Gasteiger partial charge in [0.25, 0.3) is 0 Å². The van der Waals surface area contributed by atoms with Crippen molar-refractivity contribution < 1.29 is 5.11 Å². The summed E-state index contributed by atoms with van der Waals surface area (Å²) in [5.74, 6) is 0. The molecule has 25 heavy (non-hydrogen) atoms. The van der Waals surface area contributed by atoms with Crippen LogP contribution in [0.5, 0.6) is 0 Å². The molecule has 0 radical (unpaired) electrons. The van der Waals surface area contributed by atoms with Crippen LogP contribution >= 0.6 is 0 Å². The zero-order valence-corrected chi connectivity index (χ0v) is 13.5. The molecule has 3 aromatic rings. The van der Waals surface area contributed by atoms with Crippen molar-refractivity contribution in [1.29, 1.82) is 10.5 Å². The number of aryl methyl sites for hydroxylation is 1. The number of nitrogens with one attached hydrogen (secondary N) is 1. The molecule has 0 bridgehead atoms. The molecule has 5 heteroatoms. The van der Waals surface area contributed by atoms with Gasteiger partial charge >= 0.3 is 0 Å². The van der Waals surface area contributed by atoms with E-state index in [-0.39, 0.29) is 0 Å². The molecule has 122 valence electrons. The first-order valence-corrected chi connectivity index (χ1v) is 8.20. The molecule has 1 unspecified atom stereocenters. The Hall–Kier alpha value is -3.12. The Balaban J connectivity index is 2.01. The predicted octanol–water partition coefficient (Wildman–Crippen LogP) is 3.04. The van der Waals surface area contributed by atoms with E-state index >= 15 is 0 Å². The van der Waals surface area contributed by atoms with Crippen molar-refractivity contribution in [3.63, 3.8) is 0 Å². The van der Waals surface area contributed by atoms with Gasteiger partial charge in [-0.05, 0) is 48.9 Å². The Morgan fingerprint density at radius 3 is 2.52 bits per heavy atom. The number of aliphatic hydroxyl groups excluding tert-OH is 1. The van der Waals surface area contributed by atoms with Crippen LogP contribution in [0.25, 0.3) is 22.0 Å². The lowest BCUT2D eigenvalue weighted by atomic mass is 9.99. The van der Waals surface area contributed by atoms with Gasteiger partial charge in [-0.25, -0.2) is 0 Å². The molecule has 0 spiro atoms. The van der Waals surface area contributed by atoms with Crippen LogP contribution in [0.1, 0.15) is 29.5 Å². The lowest BCUT2D eigenvalue weighted by Gasteiger charge is -2.13. The van der Waals surface area contributed by atoms with E-state index in [1.807, 2.05) is 30.3 Å². The summed E-state index contributed by atoms with van der Waals surface area (Å²) >= 11 is 0. The van der Waals surface area contributed by atoms with Gasteiger partial charge in [-0.2, -0.15) is 10.5 Å². The molecule has 2 N–H and O–H groups in total. The number of aromatic nitrogens is 1. The van der Waals surface area contributed by atoms with E-state index < -0.39 is 6.23 Å². The van der Waals surface area contributed by atoms with Crippen LogP contribution in [-0.2, 0) is 6.54 Å². The van der Waals surface area contributed by atoms with Gasteiger partial charge in [0.05, 0.1) is 34.5 Å². The number of rotatable bonds is 1. The average molecular weight is 328 g/mol. The first kappa shape index (κ1) is 15.4. The molecule has 0 fully saturated rings. The van der Waals surface area contributed by atoms with Gasteiger partial charge in [-0.15, -0.1) is 0 Å². The Kier molecular flexibility index (Phi) is 3.74. The standard InChI is InChI=1S/C20H16N4O/c21-11-13-2-4-15(5-3-13)17-9-14(12-22)8-16-10-18-20(25)23-6-1-7-24(18)19(16)17/h2-5,8-10,20,23,25H,1,6-7H2. The average Bonchev–Trinajstić information content (AvgIpc) is 2.93. The van der Waals surface area contributed by atoms with Crippen molar-refractivity contribution >= 4 is 10.9 Å². The number of hydrogen-bond donors (Lipinski definition) is 2. The largest absolute Gasteiger partial charge is 0.373 e. The highest BCUT2D eigenvalue weighted by molar-refractivity contribution is 5.96. The van der Waals surface area contributed by atoms with Crippen LogP contribution < -0.4 is 5.32 Å². The van der Waals surface area contributed by atoms with Crippen molar-refractivity contribution in [2.75, 3.05) is 6.54 Å². The zero-order valence-electron chi connectivity index (χ0n) is 13.5. The van der Waals surface area contributed by atoms with Gasteiger partial charge in [0.2, 0.25) is 0 Å². The fourth-order valence-electron chi connectivity index (χ4n) is 3.49. The summed E-state index contributed by atoms with van der Waals surface area (Å²) in [7, 11) is 0. The topological polar surface area (TPSA) is 84.8 Å². The maximum atomic E-state index is 10.4. The number of hydrogen-bond acceptors (Lipinski definition) is 4. The van der Waals surface area contributed by atoms with Gasteiger partial charge in [-0.3, -0.25) is 5.32 Å². The molecular weight excluding hydrogens is 312 g/mol. The minimum absolute atomic E-state index is 0.579. The highest BCUT2D eigenvalue weighted by atomic mass is 16.3. The minimum Gasteiger partial charge on any atom is -0.373 e. The fraction of sp³-hybridized carbons (Fsp3) is 0.200. The van der Waals surface area contributed by atoms with Crippen LogP contribution in [0.4, 0.5) is 0 Å². The Labute approximate surface area is 145 Å². The van der Waals surface area contributed by atoms with Crippen molar-refractivity contribution in [2.45, 2.75) is 19.2 Å². The molecular formula is C20H16N4O. The summed E-state index contributed by atoms with van der Waals surface area (Å²) < 4.78 is 2.13. The summed E-state index contributed by atoms with van der Waals surface area (Å²) in [6.45, 7) is 1.56. The molecule has 1 aliphatic heterocycles. The third-order valence-electron chi connectivity index (χ3n) is 4.65. The van der Waals surface area contributed by atoms with Crippen LogP contribution in [0.2, 0.25) is 0 Å². The molecule has 0 amide bonds. The molecule has 4 rings (SSSR count). The van der Waals surface area contributed by atoms with Crippen molar-refractivity contribution in [3.8, 4) is 23.3 Å². The third-order valence-corrected chi connectivity index (χ3v) is 4.65. The molecule has 0 saturated heterocycles. The summed E-state index contributed by atoms with van der Waals surface area (Å²) in [4.78, 5) is 0.